The zero-order chi connectivity index (χ0) is 15.9. The van der Waals surface area contributed by atoms with Crippen LogP contribution in [0.4, 0.5) is 0 Å². The summed E-state index contributed by atoms with van der Waals surface area (Å²) in [6.07, 6.45) is 1.97. The van der Waals surface area contributed by atoms with Crippen LogP contribution in [-0.4, -0.2) is 60.4 Å². The zero-order valence-electron chi connectivity index (χ0n) is 14.0. The number of benzene rings is 1. The maximum absolute atomic E-state index is 13.2. The first-order chi connectivity index (χ1) is 10.6. The van der Waals surface area contributed by atoms with Gasteiger partial charge in [-0.1, -0.05) is 37.3 Å². The highest BCUT2D eigenvalue weighted by Gasteiger charge is 2.30. The fourth-order valence-corrected chi connectivity index (χ4v) is 4.19. The minimum absolute atomic E-state index is 0.00559. The van der Waals surface area contributed by atoms with Gasteiger partial charge in [0, 0.05) is 18.8 Å². The number of carbonyl (C=O) groups is 1. The normalized spacial score (nSPS) is 20.7. The van der Waals surface area contributed by atoms with E-state index in [1.807, 2.05) is 30.0 Å². The third-order valence-corrected chi connectivity index (χ3v) is 5.40. The number of carbonyl (C=O) groups excluding carboxylic acids is 1. The fourth-order valence-electron chi connectivity index (χ4n) is 3.13. The second-order valence-electron chi connectivity index (χ2n) is 6.25. The smallest absolute Gasteiger partial charge is 0.230 e. The molecule has 1 saturated heterocycles. The fraction of sp³-hybridized carbons (Fsp3) is 0.611. The van der Waals surface area contributed by atoms with E-state index in [9.17, 15) is 4.79 Å². The van der Waals surface area contributed by atoms with Crippen molar-refractivity contribution in [1.29, 1.82) is 0 Å². The lowest BCUT2D eigenvalue weighted by Crippen LogP contribution is -2.48. The van der Waals surface area contributed by atoms with Crippen molar-refractivity contribution in [2.24, 2.45) is 0 Å². The maximum Gasteiger partial charge on any atom is 0.230 e. The Balaban J connectivity index is 2.18. The largest absolute Gasteiger partial charge is 0.337 e. The van der Waals surface area contributed by atoms with E-state index in [0.29, 0.717) is 11.9 Å². The van der Waals surface area contributed by atoms with Gasteiger partial charge in [-0.25, -0.2) is 0 Å². The third-order valence-electron chi connectivity index (χ3n) is 4.21. The van der Waals surface area contributed by atoms with E-state index in [2.05, 4.69) is 43.0 Å². The van der Waals surface area contributed by atoms with Crippen molar-refractivity contribution in [2.75, 3.05) is 38.7 Å². The van der Waals surface area contributed by atoms with E-state index in [1.165, 1.54) is 0 Å². The van der Waals surface area contributed by atoms with Crippen LogP contribution in [0.3, 0.4) is 0 Å². The van der Waals surface area contributed by atoms with E-state index in [4.69, 9.17) is 0 Å². The Kier molecular flexibility index (Phi) is 6.77. The van der Waals surface area contributed by atoms with Crippen molar-refractivity contribution in [2.45, 2.75) is 31.7 Å². The maximum atomic E-state index is 13.2. The Morgan fingerprint density at radius 3 is 2.73 bits per heavy atom. The molecule has 4 heteroatoms. The Morgan fingerprint density at radius 1 is 1.36 bits per heavy atom. The van der Waals surface area contributed by atoms with Gasteiger partial charge in [0.2, 0.25) is 5.91 Å². The van der Waals surface area contributed by atoms with E-state index in [-0.39, 0.29) is 5.92 Å². The summed E-state index contributed by atoms with van der Waals surface area (Å²) in [5.74, 6) is 2.52. The molecule has 1 aliphatic heterocycles. The first-order valence-electron chi connectivity index (χ1n) is 8.21. The number of hydrogen-bond donors (Lipinski definition) is 0. The average molecular weight is 321 g/mol. The summed E-state index contributed by atoms with van der Waals surface area (Å²) in [6.45, 7) is 3.96. The van der Waals surface area contributed by atoms with Crippen molar-refractivity contribution in [3.63, 3.8) is 0 Å². The minimum atomic E-state index is -0.00559. The molecule has 0 radical (unpaired) electrons. The quantitative estimate of drug-likeness (QED) is 0.833. The molecule has 2 rings (SSSR count). The molecule has 0 N–H and O–H groups in total. The van der Waals surface area contributed by atoms with Crippen LogP contribution in [0.1, 0.15) is 31.2 Å². The summed E-state index contributed by atoms with van der Waals surface area (Å²) < 4.78 is 0. The van der Waals surface area contributed by atoms with Gasteiger partial charge in [0.25, 0.3) is 0 Å². The molecular weight excluding hydrogens is 292 g/mol. The predicted molar refractivity (Wildman–Crippen MR) is 95.5 cm³/mol. The molecule has 1 aromatic carbocycles. The first kappa shape index (κ1) is 17.4. The van der Waals surface area contributed by atoms with Gasteiger partial charge in [-0.2, -0.15) is 11.8 Å². The molecule has 0 saturated carbocycles. The predicted octanol–water partition coefficient (Wildman–Crippen LogP) is 3.08. The summed E-state index contributed by atoms with van der Waals surface area (Å²) in [5, 5.41) is 0. The van der Waals surface area contributed by atoms with Crippen molar-refractivity contribution in [1.82, 2.24) is 9.80 Å². The van der Waals surface area contributed by atoms with Crippen LogP contribution in [-0.2, 0) is 4.79 Å². The molecule has 0 bridgehead atoms. The lowest BCUT2D eigenvalue weighted by atomic mass is 9.94. The highest BCUT2D eigenvalue weighted by molar-refractivity contribution is 7.99. The molecule has 1 fully saturated rings. The van der Waals surface area contributed by atoms with Gasteiger partial charge in [-0.3, -0.25) is 4.79 Å². The summed E-state index contributed by atoms with van der Waals surface area (Å²) in [4.78, 5) is 17.5. The van der Waals surface area contributed by atoms with Crippen LogP contribution in [0.2, 0.25) is 0 Å². The molecule has 122 valence electrons. The van der Waals surface area contributed by atoms with Gasteiger partial charge in [0.1, 0.15) is 0 Å². The molecule has 22 heavy (non-hydrogen) atoms. The first-order valence-corrected chi connectivity index (χ1v) is 9.36. The summed E-state index contributed by atoms with van der Waals surface area (Å²) in [5.41, 5.74) is 1.15. The van der Waals surface area contributed by atoms with Crippen LogP contribution < -0.4 is 0 Å². The molecule has 1 amide bonds. The van der Waals surface area contributed by atoms with Gasteiger partial charge in [-0.05, 0) is 38.3 Å². The molecule has 0 aromatic heterocycles. The van der Waals surface area contributed by atoms with Gasteiger partial charge in [-0.15, -0.1) is 0 Å². The molecule has 1 aliphatic rings. The molecule has 0 spiro atoms. The van der Waals surface area contributed by atoms with Crippen LogP contribution in [0, 0.1) is 0 Å². The monoisotopic (exact) mass is 320 g/mol. The molecular formula is C18H28N2OS. The molecule has 1 heterocycles. The highest BCUT2D eigenvalue weighted by atomic mass is 32.2. The molecule has 2 atom stereocenters. The SMILES string of the molecule is CC[C@H](C(=O)N1CCCSC[C@H]1CN(C)C)c1ccccc1. The molecule has 1 aromatic rings. The Hall–Kier alpha value is -1.00. The van der Waals surface area contributed by atoms with Crippen LogP contribution >= 0.6 is 11.8 Å². The van der Waals surface area contributed by atoms with Gasteiger partial charge >= 0.3 is 0 Å². The van der Waals surface area contributed by atoms with Crippen molar-refractivity contribution in [3.05, 3.63) is 35.9 Å². The summed E-state index contributed by atoms with van der Waals surface area (Å²) in [6, 6.07) is 10.6. The van der Waals surface area contributed by atoms with E-state index in [0.717, 1.165) is 43.0 Å². The third kappa shape index (κ3) is 4.50. The number of rotatable bonds is 5. The number of amides is 1. The molecule has 3 nitrogen and oxygen atoms in total. The lowest BCUT2D eigenvalue weighted by Gasteiger charge is -2.34. The average Bonchev–Trinajstić information content (AvgIpc) is 2.74. The Morgan fingerprint density at radius 2 is 2.09 bits per heavy atom. The number of likely N-dealkylation sites (N-methyl/N-ethyl adjacent to an activating group) is 1. The van der Waals surface area contributed by atoms with Gasteiger partial charge in [0.05, 0.1) is 12.0 Å². The summed E-state index contributed by atoms with van der Waals surface area (Å²) in [7, 11) is 4.18. The topological polar surface area (TPSA) is 23.6 Å². The number of nitrogens with zero attached hydrogens (tertiary/aromatic N) is 2. The van der Waals surface area contributed by atoms with Crippen molar-refractivity contribution >= 4 is 17.7 Å². The minimum Gasteiger partial charge on any atom is -0.337 e. The highest BCUT2D eigenvalue weighted by Crippen LogP contribution is 2.26. The molecule has 0 aliphatic carbocycles. The number of thioether (sulfide) groups is 1. The van der Waals surface area contributed by atoms with E-state index >= 15 is 0 Å². The van der Waals surface area contributed by atoms with Crippen molar-refractivity contribution < 1.29 is 4.79 Å². The second-order valence-corrected chi connectivity index (χ2v) is 7.40. The van der Waals surface area contributed by atoms with Crippen LogP contribution in [0.15, 0.2) is 30.3 Å². The Bertz CT molecular complexity index is 463. The second kappa shape index (κ2) is 8.59. The van der Waals surface area contributed by atoms with Gasteiger partial charge < -0.3 is 9.80 Å². The Labute approximate surface area is 139 Å². The van der Waals surface area contributed by atoms with Crippen LogP contribution in [0.25, 0.3) is 0 Å². The van der Waals surface area contributed by atoms with Gasteiger partial charge in [0.15, 0.2) is 0 Å². The zero-order valence-corrected chi connectivity index (χ0v) is 14.8. The van der Waals surface area contributed by atoms with E-state index < -0.39 is 0 Å². The van der Waals surface area contributed by atoms with Crippen molar-refractivity contribution in [3.8, 4) is 0 Å². The number of hydrogen-bond acceptors (Lipinski definition) is 3. The van der Waals surface area contributed by atoms with E-state index in [1.54, 1.807) is 0 Å². The lowest BCUT2D eigenvalue weighted by molar-refractivity contribution is -0.135. The molecule has 0 unspecified atom stereocenters. The standard InChI is InChI=1S/C18H28N2OS/c1-4-17(15-9-6-5-7-10-15)18(21)20-11-8-12-22-14-16(20)13-19(2)3/h5-7,9-10,16-17H,4,8,11-14H2,1-3H3/t16-,17+/m1/s1. The van der Waals surface area contributed by atoms with Crippen LogP contribution in [0.5, 0.6) is 0 Å². The summed E-state index contributed by atoms with van der Waals surface area (Å²) >= 11 is 1.98.